The van der Waals surface area contributed by atoms with E-state index in [1.807, 2.05) is 12.1 Å². The minimum atomic E-state index is 0.308. The van der Waals surface area contributed by atoms with E-state index >= 15 is 0 Å². The largest absolute Gasteiger partial charge is 0.508 e. The third-order valence-corrected chi connectivity index (χ3v) is 5.37. The van der Waals surface area contributed by atoms with Crippen LogP contribution in [0.2, 0.25) is 0 Å². The average molecular weight is 351 g/mol. The summed E-state index contributed by atoms with van der Waals surface area (Å²) in [6, 6.07) is 7.37. The highest BCUT2D eigenvalue weighted by Crippen LogP contribution is 2.40. The lowest BCUT2D eigenvalue weighted by molar-refractivity contribution is 0.377. The summed E-state index contributed by atoms with van der Waals surface area (Å²) in [6.07, 6.45) is 15.1. The predicted molar refractivity (Wildman–Crippen MR) is 114 cm³/mol. The van der Waals surface area contributed by atoms with Crippen LogP contribution in [0, 0.1) is 5.41 Å². The molecule has 0 radical (unpaired) electrons. The van der Waals surface area contributed by atoms with Gasteiger partial charge < -0.3 is 5.11 Å². The van der Waals surface area contributed by atoms with Crippen LogP contribution < -0.4 is 0 Å². The molecule has 0 aromatic heterocycles. The fourth-order valence-corrected chi connectivity index (χ4v) is 3.75. The first kappa shape index (κ1) is 20.3. The van der Waals surface area contributed by atoms with Crippen molar-refractivity contribution in [2.24, 2.45) is 5.41 Å². The third kappa shape index (κ3) is 6.05. The summed E-state index contributed by atoms with van der Waals surface area (Å²) in [5.74, 6) is 0.316. The standard InChI is InChI=1S/C25H34O/c1-19(11-16-24-21(3)10-7-17-25(24,4)5)8-6-9-20(2)18-22-12-14-23(26)15-13-22/h8,11-16,18,26H,6-7,9-10,17H2,1-5H3/b16-11+,19-8+,20-18+. The number of hydrogen-bond donors (Lipinski definition) is 1. The molecule has 0 fully saturated rings. The summed E-state index contributed by atoms with van der Waals surface area (Å²) in [4.78, 5) is 0. The van der Waals surface area contributed by atoms with E-state index in [0.29, 0.717) is 11.2 Å². The highest BCUT2D eigenvalue weighted by atomic mass is 16.3. The number of rotatable bonds is 6. The first-order valence-corrected chi connectivity index (χ1v) is 9.79. The van der Waals surface area contributed by atoms with Crippen molar-refractivity contribution in [2.75, 3.05) is 0 Å². The molecular formula is C25H34O. The minimum absolute atomic E-state index is 0.308. The van der Waals surface area contributed by atoms with Gasteiger partial charge in [0.05, 0.1) is 0 Å². The van der Waals surface area contributed by atoms with E-state index in [1.165, 1.54) is 36.0 Å². The zero-order valence-electron chi connectivity index (χ0n) is 17.1. The second-order valence-electron chi connectivity index (χ2n) is 8.33. The van der Waals surface area contributed by atoms with E-state index in [-0.39, 0.29) is 0 Å². The molecule has 1 aliphatic rings. The van der Waals surface area contributed by atoms with Gasteiger partial charge in [-0.2, -0.15) is 0 Å². The van der Waals surface area contributed by atoms with Gasteiger partial charge in [-0.3, -0.25) is 0 Å². The number of phenolic OH excluding ortho intramolecular Hbond substituents is 1. The van der Waals surface area contributed by atoms with E-state index in [0.717, 1.165) is 18.4 Å². The van der Waals surface area contributed by atoms with Crippen LogP contribution in [0.1, 0.15) is 72.3 Å². The molecule has 0 spiro atoms. The van der Waals surface area contributed by atoms with Crippen LogP contribution in [0.25, 0.3) is 6.08 Å². The Morgan fingerprint density at radius 1 is 1.15 bits per heavy atom. The maximum atomic E-state index is 9.35. The Labute approximate surface area is 159 Å². The van der Waals surface area contributed by atoms with Crippen LogP contribution in [-0.4, -0.2) is 5.11 Å². The summed E-state index contributed by atoms with van der Waals surface area (Å²) < 4.78 is 0. The maximum Gasteiger partial charge on any atom is 0.115 e. The molecule has 0 atom stereocenters. The molecule has 0 unspecified atom stereocenters. The van der Waals surface area contributed by atoms with Crippen LogP contribution in [0.5, 0.6) is 5.75 Å². The van der Waals surface area contributed by atoms with Gasteiger partial charge in [0, 0.05) is 0 Å². The second-order valence-corrected chi connectivity index (χ2v) is 8.33. The number of benzene rings is 1. The molecule has 1 heteroatoms. The zero-order chi connectivity index (χ0) is 19.2. The van der Waals surface area contributed by atoms with Crippen molar-refractivity contribution in [1.82, 2.24) is 0 Å². The van der Waals surface area contributed by atoms with Gasteiger partial charge in [0.1, 0.15) is 5.75 Å². The highest BCUT2D eigenvalue weighted by Gasteiger charge is 2.26. The summed E-state index contributed by atoms with van der Waals surface area (Å²) in [5.41, 5.74) is 7.23. The molecule has 0 saturated carbocycles. The molecule has 0 bridgehead atoms. The smallest absolute Gasteiger partial charge is 0.115 e. The van der Waals surface area contributed by atoms with Crippen molar-refractivity contribution in [2.45, 2.75) is 66.7 Å². The van der Waals surface area contributed by atoms with E-state index in [1.54, 1.807) is 17.7 Å². The fourth-order valence-electron chi connectivity index (χ4n) is 3.75. The minimum Gasteiger partial charge on any atom is -0.508 e. The van der Waals surface area contributed by atoms with Crippen LogP contribution in [0.15, 0.2) is 64.8 Å². The Kier molecular flexibility index (Phi) is 7.08. The normalized spacial score (nSPS) is 18.7. The molecule has 0 saturated heterocycles. The highest BCUT2D eigenvalue weighted by molar-refractivity contribution is 5.53. The Balaban J connectivity index is 1.92. The topological polar surface area (TPSA) is 20.2 Å². The Hall–Kier alpha value is -2.02. The molecule has 0 heterocycles. The zero-order valence-corrected chi connectivity index (χ0v) is 17.1. The number of aromatic hydroxyl groups is 1. The second kappa shape index (κ2) is 9.07. The monoisotopic (exact) mass is 350 g/mol. The SMILES string of the molecule is CC1=C(/C=C/C(C)=C/CC/C(C)=C/c2ccc(O)cc2)C(C)(C)CCC1. The van der Waals surface area contributed by atoms with E-state index in [4.69, 9.17) is 0 Å². The van der Waals surface area contributed by atoms with Crippen molar-refractivity contribution in [1.29, 1.82) is 0 Å². The van der Waals surface area contributed by atoms with Crippen LogP contribution in [0.4, 0.5) is 0 Å². The van der Waals surface area contributed by atoms with Crippen molar-refractivity contribution >= 4 is 6.08 Å². The van der Waals surface area contributed by atoms with E-state index < -0.39 is 0 Å². The van der Waals surface area contributed by atoms with Gasteiger partial charge in [0.2, 0.25) is 0 Å². The summed E-state index contributed by atoms with van der Waals surface area (Å²) in [5, 5.41) is 9.35. The lowest BCUT2D eigenvalue weighted by atomic mass is 9.72. The first-order chi connectivity index (χ1) is 12.3. The molecule has 0 aliphatic heterocycles. The summed E-state index contributed by atoms with van der Waals surface area (Å²) >= 11 is 0. The lowest BCUT2D eigenvalue weighted by Gasteiger charge is -2.32. The molecule has 1 aromatic rings. The molecule has 26 heavy (non-hydrogen) atoms. The van der Waals surface area contributed by atoms with Gasteiger partial charge in [0.15, 0.2) is 0 Å². The van der Waals surface area contributed by atoms with Gasteiger partial charge in [-0.15, -0.1) is 0 Å². The third-order valence-electron chi connectivity index (χ3n) is 5.37. The summed E-state index contributed by atoms with van der Waals surface area (Å²) in [7, 11) is 0. The molecule has 1 aromatic carbocycles. The average Bonchev–Trinajstić information content (AvgIpc) is 2.56. The van der Waals surface area contributed by atoms with Crippen molar-refractivity contribution in [3.05, 3.63) is 70.3 Å². The van der Waals surface area contributed by atoms with Gasteiger partial charge >= 0.3 is 0 Å². The van der Waals surface area contributed by atoms with Crippen LogP contribution in [-0.2, 0) is 0 Å². The molecule has 2 rings (SSSR count). The van der Waals surface area contributed by atoms with Crippen molar-refractivity contribution in [3.63, 3.8) is 0 Å². The van der Waals surface area contributed by atoms with Gasteiger partial charge in [0.25, 0.3) is 0 Å². The Bertz CT molecular complexity index is 724. The van der Waals surface area contributed by atoms with Crippen LogP contribution >= 0.6 is 0 Å². The summed E-state index contributed by atoms with van der Waals surface area (Å²) in [6.45, 7) is 11.4. The molecule has 1 N–H and O–H groups in total. The number of hydrogen-bond acceptors (Lipinski definition) is 1. The quantitative estimate of drug-likeness (QED) is 0.523. The molecule has 140 valence electrons. The fraction of sp³-hybridized carbons (Fsp3) is 0.440. The first-order valence-electron chi connectivity index (χ1n) is 9.79. The van der Waals surface area contributed by atoms with Crippen LogP contribution in [0.3, 0.4) is 0 Å². The van der Waals surface area contributed by atoms with Gasteiger partial charge in [-0.05, 0) is 81.6 Å². The number of phenols is 1. The molecule has 1 nitrogen and oxygen atoms in total. The lowest BCUT2D eigenvalue weighted by Crippen LogP contribution is -2.19. The van der Waals surface area contributed by atoms with E-state index in [9.17, 15) is 5.11 Å². The number of allylic oxidation sites excluding steroid dienone is 7. The Morgan fingerprint density at radius 3 is 2.50 bits per heavy atom. The van der Waals surface area contributed by atoms with Gasteiger partial charge in [-0.1, -0.05) is 67.0 Å². The van der Waals surface area contributed by atoms with Gasteiger partial charge in [-0.25, -0.2) is 0 Å². The molecule has 0 amide bonds. The molecule has 1 aliphatic carbocycles. The maximum absolute atomic E-state index is 9.35. The molecular weight excluding hydrogens is 316 g/mol. The predicted octanol–water partition coefficient (Wildman–Crippen LogP) is 7.60. The van der Waals surface area contributed by atoms with Crippen molar-refractivity contribution < 1.29 is 5.11 Å². The Morgan fingerprint density at radius 2 is 1.85 bits per heavy atom. The van der Waals surface area contributed by atoms with Crippen molar-refractivity contribution in [3.8, 4) is 5.75 Å². The van der Waals surface area contributed by atoms with E-state index in [2.05, 4.69) is 58.9 Å².